The molecule has 0 aromatic carbocycles. The van der Waals surface area contributed by atoms with Crippen LogP contribution < -0.4 is 5.73 Å². The molecule has 1 saturated heterocycles. The smallest absolute Gasteiger partial charge is 0.141 e. The van der Waals surface area contributed by atoms with Crippen molar-refractivity contribution < 1.29 is 4.74 Å². The summed E-state index contributed by atoms with van der Waals surface area (Å²) >= 11 is 1.70. The van der Waals surface area contributed by atoms with Gasteiger partial charge in [0.1, 0.15) is 11.5 Å². The van der Waals surface area contributed by atoms with E-state index in [0.29, 0.717) is 10.9 Å². The van der Waals surface area contributed by atoms with Crippen molar-refractivity contribution in [3.05, 3.63) is 23.9 Å². The largest absolute Gasteiger partial charge is 0.382 e. The zero-order chi connectivity index (χ0) is 11.5. The molecule has 1 aliphatic heterocycles. The third-order valence-electron chi connectivity index (χ3n) is 2.58. The molecule has 0 amide bonds. The van der Waals surface area contributed by atoms with Crippen LogP contribution in [0, 0.1) is 5.41 Å². The highest BCUT2D eigenvalue weighted by Gasteiger charge is 2.25. The summed E-state index contributed by atoms with van der Waals surface area (Å²) in [7, 11) is 0. The minimum absolute atomic E-state index is 0.0122. The Balaban J connectivity index is 2.09. The van der Waals surface area contributed by atoms with E-state index in [0.717, 1.165) is 18.1 Å². The molecule has 1 aromatic heterocycles. The fraction of sp³-hybridized carbons (Fsp3) is 0.455. The first-order valence-electron chi connectivity index (χ1n) is 5.26. The minimum Gasteiger partial charge on any atom is -0.382 e. The first kappa shape index (κ1) is 11.4. The number of pyridine rings is 1. The molecular formula is C11H15N3OS. The van der Waals surface area contributed by atoms with Gasteiger partial charge in [0.25, 0.3) is 0 Å². The Morgan fingerprint density at radius 1 is 1.62 bits per heavy atom. The van der Waals surface area contributed by atoms with Gasteiger partial charge in [-0.15, -0.1) is 11.8 Å². The van der Waals surface area contributed by atoms with Crippen LogP contribution in [0.3, 0.4) is 0 Å². The monoisotopic (exact) mass is 237 g/mol. The lowest BCUT2D eigenvalue weighted by Gasteiger charge is -2.12. The Labute approximate surface area is 99.1 Å². The quantitative estimate of drug-likeness (QED) is 0.619. The third kappa shape index (κ3) is 2.54. The fourth-order valence-corrected chi connectivity index (χ4v) is 2.76. The summed E-state index contributed by atoms with van der Waals surface area (Å²) in [4.78, 5) is 4.33. The lowest BCUT2D eigenvalue weighted by atomic mass is 10.3. The summed E-state index contributed by atoms with van der Waals surface area (Å²) in [6, 6.07) is 5.58. The molecule has 0 radical (unpaired) electrons. The summed E-state index contributed by atoms with van der Waals surface area (Å²) in [5.41, 5.74) is 5.94. The number of nitrogens with zero attached hydrogens (tertiary/aromatic N) is 1. The van der Waals surface area contributed by atoms with E-state index in [9.17, 15) is 0 Å². The Kier molecular flexibility index (Phi) is 3.46. The Bertz CT molecular complexity index is 397. The van der Waals surface area contributed by atoms with Crippen LogP contribution in [-0.2, 0) is 4.74 Å². The lowest BCUT2D eigenvalue weighted by Crippen LogP contribution is -2.15. The molecule has 3 N–H and O–H groups in total. The number of nitrogens with one attached hydrogen (secondary N) is 1. The van der Waals surface area contributed by atoms with E-state index in [2.05, 4.69) is 11.9 Å². The Morgan fingerprint density at radius 2 is 2.44 bits per heavy atom. The van der Waals surface area contributed by atoms with Gasteiger partial charge in [-0.2, -0.15) is 0 Å². The summed E-state index contributed by atoms with van der Waals surface area (Å²) in [6.45, 7) is 2.91. The third-order valence-corrected chi connectivity index (χ3v) is 3.97. The molecule has 0 saturated carbocycles. The standard InChI is InChI=1S/C11H15N3OS/c1-7-9(5-6-15-7)16-10-4-2-3-8(14-10)11(12)13/h2-4,7,9H,5-6H2,1H3,(H3,12,13). The van der Waals surface area contributed by atoms with Crippen molar-refractivity contribution in [2.75, 3.05) is 6.61 Å². The Hall–Kier alpha value is -1.07. The first-order chi connectivity index (χ1) is 7.66. The maximum atomic E-state index is 7.34. The van der Waals surface area contributed by atoms with Gasteiger partial charge in [-0.25, -0.2) is 4.98 Å². The van der Waals surface area contributed by atoms with E-state index in [1.165, 1.54) is 0 Å². The highest BCUT2D eigenvalue weighted by atomic mass is 32.2. The van der Waals surface area contributed by atoms with Crippen LogP contribution in [-0.4, -0.2) is 28.8 Å². The zero-order valence-corrected chi connectivity index (χ0v) is 9.96. The van der Waals surface area contributed by atoms with Gasteiger partial charge < -0.3 is 10.5 Å². The zero-order valence-electron chi connectivity index (χ0n) is 9.14. The predicted octanol–water partition coefficient (Wildman–Crippen LogP) is 1.64. The summed E-state index contributed by atoms with van der Waals surface area (Å²) in [5.74, 6) is 0.0122. The van der Waals surface area contributed by atoms with Crippen molar-refractivity contribution in [2.45, 2.75) is 29.7 Å². The predicted molar refractivity (Wildman–Crippen MR) is 64.9 cm³/mol. The van der Waals surface area contributed by atoms with Crippen molar-refractivity contribution in [2.24, 2.45) is 5.73 Å². The SMILES string of the molecule is CC1OCCC1Sc1cccc(C(=N)N)n1. The van der Waals surface area contributed by atoms with Crippen LogP contribution in [0.25, 0.3) is 0 Å². The number of nitrogen functional groups attached to an aromatic ring is 1. The highest BCUT2D eigenvalue weighted by Crippen LogP contribution is 2.31. The van der Waals surface area contributed by atoms with E-state index in [4.69, 9.17) is 15.9 Å². The van der Waals surface area contributed by atoms with Gasteiger partial charge in [-0.1, -0.05) is 6.07 Å². The second-order valence-corrected chi connectivity index (χ2v) is 5.06. The van der Waals surface area contributed by atoms with Gasteiger partial charge in [-0.05, 0) is 25.5 Å². The van der Waals surface area contributed by atoms with Gasteiger partial charge in [0.15, 0.2) is 0 Å². The first-order valence-corrected chi connectivity index (χ1v) is 6.14. The number of ether oxygens (including phenoxy) is 1. The van der Waals surface area contributed by atoms with Crippen molar-refractivity contribution in [1.82, 2.24) is 4.98 Å². The lowest BCUT2D eigenvalue weighted by molar-refractivity contribution is 0.127. The molecule has 0 aliphatic carbocycles. The molecule has 0 bridgehead atoms. The van der Waals surface area contributed by atoms with Crippen molar-refractivity contribution in [3.8, 4) is 0 Å². The maximum absolute atomic E-state index is 7.34. The molecule has 16 heavy (non-hydrogen) atoms. The second kappa shape index (κ2) is 4.84. The summed E-state index contributed by atoms with van der Waals surface area (Å²) in [5, 5.41) is 8.70. The van der Waals surface area contributed by atoms with Crippen LogP contribution in [0.1, 0.15) is 19.0 Å². The van der Waals surface area contributed by atoms with Crippen LogP contribution in [0.2, 0.25) is 0 Å². The molecule has 1 aliphatic rings. The number of rotatable bonds is 3. The van der Waals surface area contributed by atoms with E-state index < -0.39 is 0 Å². The molecule has 86 valence electrons. The van der Waals surface area contributed by atoms with Crippen LogP contribution in [0.5, 0.6) is 0 Å². The van der Waals surface area contributed by atoms with Crippen molar-refractivity contribution >= 4 is 17.6 Å². The van der Waals surface area contributed by atoms with Crippen molar-refractivity contribution in [1.29, 1.82) is 5.41 Å². The molecule has 4 nitrogen and oxygen atoms in total. The molecular weight excluding hydrogens is 222 g/mol. The van der Waals surface area contributed by atoms with Crippen LogP contribution in [0.4, 0.5) is 0 Å². The number of amidine groups is 1. The molecule has 1 aromatic rings. The molecule has 2 atom stereocenters. The van der Waals surface area contributed by atoms with Gasteiger partial charge in [0.2, 0.25) is 0 Å². The molecule has 5 heteroatoms. The van der Waals surface area contributed by atoms with Gasteiger partial charge in [0, 0.05) is 11.9 Å². The molecule has 1 fully saturated rings. The molecule has 2 rings (SSSR count). The summed E-state index contributed by atoms with van der Waals surface area (Å²) < 4.78 is 5.50. The normalized spacial score (nSPS) is 24.6. The second-order valence-electron chi connectivity index (χ2n) is 3.80. The van der Waals surface area contributed by atoms with Gasteiger partial charge in [-0.3, -0.25) is 5.41 Å². The average molecular weight is 237 g/mol. The maximum Gasteiger partial charge on any atom is 0.141 e. The average Bonchev–Trinajstić information content (AvgIpc) is 2.65. The fourth-order valence-electron chi connectivity index (χ4n) is 1.65. The van der Waals surface area contributed by atoms with Crippen LogP contribution >= 0.6 is 11.8 Å². The molecule has 2 heterocycles. The number of hydrogen-bond acceptors (Lipinski definition) is 4. The number of nitrogens with two attached hydrogens (primary N) is 1. The molecule has 2 unspecified atom stereocenters. The number of aromatic nitrogens is 1. The molecule has 0 spiro atoms. The van der Waals surface area contributed by atoms with Gasteiger partial charge in [0.05, 0.1) is 11.1 Å². The minimum atomic E-state index is 0.0122. The van der Waals surface area contributed by atoms with Crippen LogP contribution in [0.15, 0.2) is 23.2 Å². The number of hydrogen-bond donors (Lipinski definition) is 2. The van der Waals surface area contributed by atoms with Gasteiger partial charge >= 0.3 is 0 Å². The van der Waals surface area contributed by atoms with E-state index in [1.54, 1.807) is 17.8 Å². The summed E-state index contributed by atoms with van der Waals surface area (Å²) in [6.07, 6.45) is 1.32. The van der Waals surface area contributed by atoms with E-state index in [1.807, 2.05) is 12.1 Å². The van der Waals surface area contributed by atoms with Crippen molar-refractivity contribution in [3.63, 3.8) is 0 Å². The Morgan fingerprint density at radius 3 is 3.06 bits per heavy atom. The topological polar surface area (TPSA) is 72.0 Å². The van der Waals surface area contributed by atoms with E-state index >= 15 is 0 Å². The van der Waals surface area contributed by atoms with E-state index in [-0.39, 0.29) is 11.9 Å². The number of thioether (sulfide) groups is 1. The highest BCUT2D eigenvalue weighted by molar-refractivity contribution is 7.99.